The molecular weight excluding hydrogens is 402 g/mol. The molecule has 2 aromatic carbocycles. The molecule has 0 unspecified atom stereocenters. The van der Waals surface area contributed by atoms with Gasteiger partial charge in [-0.15, -0.1) is 0 Å². The van der Waals surface area contributed by atoms with Crippen LogP contribution in [0.15, 0.2) is 42.5 Å². The van der Waals surface area contributed by atoms with Crippen LogP contribution in [0, 0.1) is 11.3 Å². The summed E-state index contributed by atoms with van der Waals surface area (Å²) >= 11 is 6.11. The van der Waals surface area contributed by atoms with E-state index in [-0.39, 0.29) is 17.1 Å². The van der Waals surface area contributed by atoms with E-state index < -0.39 is 22.0 Å². The average Bonchev–Trinajstić information content (AvgIpc) is 2.62. The van der Waals surface area contributed by atoms with Crippen molar-refractivity contribution in [3.8, 4) is 11.8 Å². The van der Waals surface area contributed by atoms with Crippen LogP contribution in [0.1, 0.15) is 12.5 Å². The van der Waals surface area contributed by atoms with Crippen molar-refractivity contribution in [1.82, 2.24) is 0 Å². The third kappa shape index (κ3) is 5.15. The smallest absolute Gasteiger partial charge is 0.247 e. The van der Waals surface area contributed by atoms with Gasteiger partial charge >= 0.3 is 0 Å². The Kier molecular flexibility index (Phi) is 6.89. The lowest BCUT2D eigenvalue weighted by Crippen LogP contribution is -2.45. The van der Waals surface area contributed by atoms with Crippen molar-refractivity contribution in [3.05, 3.63) is 53.1 Å². The minimum absolute atomic E-state index is 0.231. The number of hydrogen-bond acceptors (Lipinski definition) is 5. The van der Waals surface area contributed by atoms with Crippen LogP contribution < -0.4 is 14.4 Å². The summed E-state index contributed by atoms with van der Waals surface area (Å²) in [5.41, 5.74) is 1.57. The molecule has 0 aliphatic carbocycles. The number of anilines is 2. The van der Waals surface area contributed by atoms with Gasteiger partial charge in [0, 0.05) is 5.69 Å². The topological polar surface area (TPSA) is 99.5 Å². The number of carbonyl (C=O) groups excluding carboxylic acids is 1. The van der Waals surface area contributed by atoms with Crippen LogP contribution in [0.4, 0.5) is 11.4 Å². The highest BCUT2D eigenvalue weighted by molar-refractivity contribution is 7.92. The Morgan fingerprint density at radius 1 is 1.29 bits per heavy atom. The number of amides is 1. The molecule has 0 radical (unpaired) electrons. The Morgan fingerprint density at radius 2 is 1.93 bits per heavy atom. The summed E-state index contributed by atoms with van der Waals surface area (Å²) in [4.78, 5) is 12.7. The van der Waals surface area contributed by atoms with E-state index in [1.165, 1.54) is 32.2 Å². The summed E-state index contributed by atoms with van der Waals surface area (Å²) in [6.45, 7) is 1.48. The minimum atomic E-state index is -3.77. The van der Waals surface area contributed by atoms with E-state index in [1.807, 2.05) is 6.07 Å². The van der Waals surface area contributed by atoms with E-state index in [2.05, 4.69) is 5.32 Å². The molecule has 2 rings (SSSR count). The van der Waals surface area contributed by atoms with Crippen molar-refractivity contribution < 1.29 is 17.9 Å². The standard InChI is InChI=1S/C19H20ClN3O4S/c1-13(19(24)22-15-6-4-14(5-7-15)10-11-21)23(28(3,25)26)16-8-9-18(27-2)17(20)12-16/h4-9,12-13H,10H2,1-3H3,(H,22,24)/t13-/m1/s1. The number of halogens is 1. The lowest BCUT2D eigenvalue weighted by Gasteiger charge is -2.28. The fourth-order valence-corrected chi connectivity index (χ4v) is 4.06. The second kappa shape index (κ2) is 8.95. The van der Waals surface area contributed by atoms with Crippen LogP contribution in [0.3, 0.4) is 0 Å². The third-order valence-corrected chi connectivity index (χ3v) is 5.52. The molecule has 1 atom stereocenters. The van der Waals surface area contributed by atoms with Gasteiger partial charge in [-0.25, -0.2) is 8.42 Å². The summed E-state index contributed by atoms with van der Waals surface area (Å²) in [6.07, 6.45) is 1.29. The molecule has 1 amide bonds. The number of rotatable bonds is 7. The molecule has 0 aliphatic rings. The van der Waals surface area contributed by atoms with Gasteiger partial charge in [0.15, 0.2) is 0 Å². The summed E-state index contributed by atoms with van der Waals surface area (Å²) in [6, 6.07) is 12.3. The van der Waals surface area contributed by atoms with Crippen LogP contribution >= 0.6 is 11.6 Å². The van der Waals surface area contributed by atoms with Crippen molar-refractivity contribution >= 4 is 38.9 Å². The molecule has 7 nitrogen and oxygen atoms in total. The molecule has 148 valence electrons. The predicted octanol–water partition coefficient (Wildman–Crippen LogP) is 3.21. The normalized spacial score (nSPS) is 12.0. The number of nitrogens with zero attached hydrogens (tertiary/aromatic N) is 2. The zero-order valence-corrected chi connectivity index (χ0v) is 17.2. The largest absolute Gasteiger partial charge is 0.495 e. The van der Waals surface area contributed by atoms with E-state index in [4.69, 9.17) is 21.6 Å². The maximum absolute atomic E-state index is 12.7. The second-order valence-corrected chi connectivity index (χ2v) is 8.34. The summed E-state index contributed by atoms with van der Waals surface area (Å²) in [5, 5.41) is 11.6. The Balaban J connectivity index is 2.27. The van der Waals surface area contributed by atoms with Crippen molar-refractivity contribution in [2.45, 2.75) is 19.4 Å². The van der Waals surface area contributed by atoms with Gasteiger partial charge in [0.2, 0.25) is 15.9 Å². The molecule has 0 fully saturated rings. The van der Waals surface area contributed by atoms with Gasteiger partial charge in [-0.1, -0.05) is 23.7 Å². The summed E-state index contributed by atoms with van der Waals surface area (Å²) < 4.78 is 30.8. The molecule has 0 aliphatic heterocycles. The quantitative estimate of drug-likeness (QED) is 0.739. The Hall–Kier alpha value is -2.76. The molecule has 1 N–H and O–H groups in total. The van der Waals surface area contributed by atoms with E-state index in [0.29, 0.717) is 11.4 Å². The number of hydrogen-bond donors (Lipinski definition) is 1. The maximum atomic E-state index is 12.7. The van der Waals surface area contributed by atoms with Crippen LogP contribution in [0.5, 0.6) is 5.75 Å². The van der Waals surface area contributed by atoms with Crippen molar-refractivity contribution in [3.63, 3.8) is 0 Å². The first-order chi connectivity index (χ1) is 13.2. The highest BCUT2D eigenvalue weighted by Gasteiger charge is 2.29. The molecule has 2 aromatic rings. The number of methoxy groups -OCH3 is 1. The van der Waals surface area contributed by atoms with Crippen LogP contribution in [0.2, 0.25) is 5.02 Å². The van der Waals surface area contributed by atoms with Crippen LogP contribution in [-0.2, 0) is 21.2 Å². The third-order valence-electron chi connectivity index (χ3n) is 3.98. The fraction of sp³-hybridized carbons (Fsp3) is 0.263. The van der Waals surface area contributed by atoms with Crippen LogP contribution in [-0.4, -0.2) is 33.7 Å². The lowest BCUT2D eigenvalue weighted by atomic mass is 10.1. The van der Waals surface area contributed by atoms with Crippen molar-refractivity contribution in [2.24, 2.45) is 0 Å². The van der Waals surface area contributed by atoms with E-state index in [1.54, 1.807) is 24.3 Å². The van der Waals surface area contributed by atoms with Gasteiger partial charge in [0.05, 0.1) is 36.6 Å². The Morgan fingerprint density at radius 3 is 2.43 bits per heavy atom. The van der Waals surface area contributed by atoms with Gasteiger partial charge in [-0.3, -0.25) is 9.10 Å². The fourth-order valence-electron chi connectivity index (χ4n) is 2.65. The second-order valence-electron chi connectivity index (χ2n) is 6.07. The molecular formula is C19H20ClN3O4S. The number of ether oxygens (including phenoxy) is 1. The summed E-state index contributed by atoms with van der Waals surface area (Å²) in [5.74, 6) is -0.112. The molecule has 0 aromatic heterocycles. The van der Waals surface area contributed by atoms with Gasteiger partial charge < -0.3 is 10.1 Å². The van der Waals surface area contributed by atoms with Gasteiger partial charge in [-0.2, -0.15) is 5.26 Å². The molecule has 9 heteroatoms. The average molecular weight is 422 g/mol. The van der Waals surface area contributed by atoms with Gasteiger partial charge in [0.1, 0.15) is 11.8 Å². The summed E-state index contributed by atoms with van der Waals surface area (Å²) in [7, 11) is -2.32. The van der Waals surface area contributed by atoms with Gasteiger partial charge in [0.25, 0.3) is 0 Å². The maximum Gasteiger partial charge on any atom is 0.247 e. The number of nitrogens with one attached hydrogen (secondary N) is 1. The number of nitriles is 1. The SMILES string of the molecule is COc1ccc(N([C@H](C)C(=O)Nc2ccc(CC#N)cc2)S(C)(=O)=O)cc1Cl. The molecule has 0 spiro atoms. The lowest BCUT2D eigenvalue weighted by molar-refractivity contribution is -0.116. The Bertz CT molecular complexity index is 1000. The first-order valence-electron chi connectivity index (χ1n) is 8.27. The molecule has 0 saturated heterocycles. The zero-order chi connectivity index (χ0) is 20.9. The molecule has 0 bridgehead atoms. The Labute approximate surface area is 169 Å². The number of sulfonamides is 1. The predicted molar refractivity (Wildman–Crippen MR) is 109 cm³/mol. The van der Waals surface area contributed by atoms with Crippen molar-refractivity contribution in [1.29, 1.82) is 5.26 Å². The first-order valence-corrected chi connectivity index (χ1v) is 10.5. The molecule has 0 heterocycles. The highest BCUT2D eigenvalue weighted by Crippen LogP contribution is 2.31. The van der Waals surface area contributed by atoms with Crippen LogP contribution in [0.25, 0.3) is 0 Å². The number of benzene rings is 2. The van der Waals surface area contributed by atoms with Crippen molar-refractivity contribution in [2.75, 3.05) is 23.0 Å². The highest BCUT2D eigenvalue weighted by atomic mass is 35.5. The first kappa shape index (κ1) is 21.5. The zero-order valence-electron chi connectivity index (χ0n) is 15.6. The van der Waals surface area contributed by atoms with E-state index >= 15 is 0 Å². The monoisotopic (exact) mass is 421 g/mol. The van der Waals surface area contributed by atoms with Gasteiger partial charge in [-0.05, 0) is 42.8 Å². The van der Waals surface area contributed by atoms with E-state index in [9.17, 15) is 13.2 Å². The minimum Gasteiger partial charge on any atom is -0.495 e. The van der Waals surface area contributed by atoms with E-state index in [0.717, 1.165) is 16.1 Å². The number of carbonyl (C=O) groups is 1. The molecule has 0 saturated carbocycles. The molecule has 28 heavy (non-hydrogen) atoms.